The number of carboxylic acid groups (broad SMARTS) is 1. The smallest absolute Gasteiger partial charge is 0.251 e. The van der Waals surface area contributed by atoms with Crippen LogP contribution in [-0.4, -0.2) is 52.4 Å². The van der Waals surface area contributed by atoms with E-state index in [4.69, 9.17) is 4.42 Å². The van der Waals surface area contributed by atoms with Crippen LogP contribution in [0.15, 0.2) is 71.2 Å². The van der Waals surface area contributed by atoms with Gasteiger partial charge >= 0.3 is 0 Å². The van der Waals surface area contributed by atoms with Crippen LogP contribution in [0.4, 0.5) is 5.69 Å². The molecule has 1 aliphatic carbocycles. The molecule has 0 atom stereocenters. The van der Waals surface area contributed by atoms with Gasteiger partial charge in [-0.15, -0.1) is 0 Å². The Labute approximate surface area is 233 Å². The van der Waals surface area contributed by atoms with Gasteiger partial charge in [-0.05, 0) is 42.0 Å². The number of allylic oxidation sites excluding steroid dienone is 1. The minimum absolute atomic E-state index is 0.0395. The normalized spacial score (nSPS) is 11.4. The average molecular weight is 540 g/mol. The van der Waals surface area contributed by atoms with Crippen LogP contribution >= 0.6 is 0 Å². The van der Waals surface area contributed by atoms with E-state index in [1.54, 1.807) is 32.1 Å². The van der Waals surface area contributed by atoms with Crippen molar-refractivity contribution in [1.82, 2.24) is 9.89 Å². The Morgan fingerprint density at radius 3 is 2.38 bits per heavy atom. The van der Waals surface area contributed by atoms with E-state index < -0.39 is 11.9 Å². The number of nitrogens with zero attached hydrogens (tertiary/aromatic N) is 2. The van der Waals surface area contributed by atoms with E-state index in [9.17, 15) is 19.5 Å². The number of hydrogen-bond donors (Lipinski definition) is 1. The van der Waals surface area contributed by atoms with Gasteiger partial charge in [0, 0.05) is 72.0 Å². The number of anilines is 1. The first-order valence-electron chi connectivity index (χ1n) is 13.0. The van der Waals surface area contributed by atoms with Crippen molar-refractivity contribution >= 4 is 34.3 Å². The number of carbonyl (C=O) groups excluding carboxylic acids is 3. The molecule has 1 amide bonds. The molecule has 8 heteroatoms. The molecule has 0 saturated carbocycles. The van der Waals surface area contributed by atoms with Crippen LogP contribution < -0.4 is 25.3 Å². The van der Waals surface area contributed by atoms with Crippen molar-refractivity contribution in [3.63, 3.8) is 0 Å². The molecule has 2 aromatic rings. The quantitative estimate of drug-likeness (QED) is 0.210. The minimum atomic E-state index is -1.40. The zero-order valence-corrected chi connectivity index (χ0v) is 23.6. The topological polar surface area (TPSA) is 106 Å². The number of nitrogens with one attached hydrogen (secondary N) is 1. The van der Waals surface area contributed by atoms with E-state index in [-0.39, 0.29) is 29.4 Å². The molecule has 2 aliphatic rings. The summed E-state index contributed by atoms with van der Waals surface area (Å²) >= 11 is 0. The largest absolute Gasteiger partial charge is 0.545 e. The summed E-state index contributed by atoms with van der Waals surface area (Å²) in [5, 5.41) is 16.8. The summed E-state index contributed by atoms with van der Waals surface area (Å²) in [6, 6.07) is 16.1. The van der Waals surface area contributed by atoms with Gasteiger partial charge in [0.25, 0.3) is 5.91 Å². The predicted molar refractivity (Wildman–Crippen MR) is 155 cm³/mol. The van der Waals surface area contributed by atoms with Crippen molar-refractivity contribution in [1.29, 1.82) is 0 Å². The number of rotatable bonds is 8. The summed E-state index contributed by atoms with van der Waals surface area (Å²) in [5.41, 5.74) is 3.41. The van der Waals surface area contributed by atoms with Crippen LogP contribution in [0.1, 0.15) is 34.6 Å². The van der Waals surface area contributed by atoms with Crippen molar-refractivity contribution in [3.8, 4) is 22.5 Å². The third-order valence-corrected chi connectivity index (χ3v) is 6.72. The van der Waals surface area contributed by atoms with E-state index in [1.807, 2.05) is 74.1 Å². The molecule has 1 aliphatic heterocycles. The zero-order valence-electron chi connectivity index (χ0n) is 23.6. The van der Waals surface area contributed by atoms with Crippen LogP contribution in [0.25, 0.3) is 33.4 Å². The third-order valence-electron chi connectivity index (χ3n) is 6.72. The highest BCUT2D eigenvalue weighted by atomic mass is 16.4. The zero-order chi connectivity index (χ0) is 29.1. The highest BCUT2D eigenvalue weighted by Gasteiger charge is 2.22. The molecule has 0 aromatic heterocycles. The predicted octanol–water partition coefficient (Wildman–Crippen LogP) is 3.18. The molecule has 8 nitrogen and oxygen atoms in total. The molecule has 0 spiro atoms. The molecule has 0 radical (unpaired) electrons. The second-order valence-electron chi connectivity index (χ2n) is 10.3. The maximum atomic E-state index is 12.8. The van der Waals surface area contributed by atoms with Gasteiger partial charge in [-0.25, -0.2) is 4.58 Å². The molecule has 206 valence electrons. The Morgan fingerprint density at radius 2 is 1.73 bits per heavy atom. The first kappa shape index (κ1) is 28.3. The van der Waals surface area contributed by atoms with Crippen LogP contribution in [0, 0.1) is 5.92 Å². The summed E-state index contributed by atoms with van der Waals surface area (Å²) in [7, 11) is 7.74. The first-order chi connectivity index (χ1) is 19.0. The Kier molecular flexibility index (Phi) is 8.18. The van der Waals surface area contributed by atoms with Crippen molar-refractivity contribution in [2.24, 2.45) is 5.92 Å². The molecular weight excluding hydrogens is 506 g/mol. The van der Waals surface area contributed by atoms with Gasteiger partial charge in [-0.2, -0.15) is 0 Å². The van der Waals surface area contributed by atoms with Crippen molar-refractivity contribution in [2.45, 2.75) is 13.8 Å². The van der Waals surface area contributed by atoms with Crippen LogP contribution in [0.2, 0.25) is 0 Å². The molecule has 4 rings (SSSR count). The SMILES string of the molecule is CC(C)C(=O)/C=C/CNC(=O)c1ccc(-c2c3ccc(=[N+](C)C)cc-3oc3cc(N(C)C)ccc23)c(C(=O)[O-])c1. The average Bonchev–Trinajstić information content (AvgIpc) is 2.92. The van der Waals surface area contributed by atoms with E-state index in [0.717, 1.165) is 22.0 Å². The fraction of sp³-hybridized carbons (Fsp3) is 0.250. The Balaban J connectivity index is 1.86. The Hall–Kier alpha value is -4.72. The molecule has 0 unspecified atom stereocenters. The fourth-order valence-electron chi connectivity index (χ4n) is 4.41. The molecule has 0 bridgehead atoms. The number of hydrogen-bond acceptors (Lipinski definition) is 6. The van der Waals surface area contributed by atoms with Crippen molar-refractivity contribution in [3.05, 3.63) is 83.2 Å². The van der Waals surface area contributed by atoms with E-state index in [1.165, 1.54) is 12.1 Å². The monoisotopic (exact) mass is 539 g/mol. The number of ketones is 1. The lowest BCUT2D eigenvalue weighted by Gasteiger charge is -2.20. The minimum Gasteiger partial charge on any atom is -0.545 e. The van der Waals surface area contributed by atoms with Crippen LogP contribution in [0.5, 0.6) is 0 Å². The highest BCUT2D eigenvalue weighted by Crippen LogP contribution is 2.42. The van der Waals surface area contributed by atoms with E-state index >= 15 is 0 Å². The number of carbonyl (C=O) groups is 3. The van der Waals surface area contributed by atoms with Gasteiger partial charge in [-0.3, -0.25) is 9.59 Å². The number of fused-ring (bicyclic) bond motifs is 2. The van der Waals surface area contributed by atoms with Gasteiger partial charge in [0.15, 0.2) is 5.78 Å². The van der Waals surface area contributed by atoms with Crippen LogP contribution in [-0.2, 0) is 4.79 Å². The summed E-state index contributed by atoms with van der Waals surface area (Å²) in [5.74, 6) is -1.43. The number of aromatic carboxylic acids is 1. The van der Waals surface area contributed by atoms with Gasteiger partial charge in [0.2, 0.25) is 5.36 Å². The van der Waals surface area contributed by atoms with E-state index in [2.05, 4.69) is 5.32 Å². The van der Waals surface area contributed by atoms with Gasteiger partial charge < -0.3 is 24.5 Å². The second kappa shape index (κ2) is 11.6. The summed E-state index contributed by atoms with van der Waals surface area (Å²) in [4.78, 5) is 38.9. The lowest BCUT2D eigenvalue weighted by Crippen LogP contribution is -2.26. The third kappa shape index (κ3) is 5.81. The molecule has 0 fully saturated rings. The molecule has 1 N–H and O–H groups in total. The Morgan fingerprint density at radius 1 is 1.00 bits per heavy atom. The Bertz CT molecular complexity index is 1690. The van der Waals surface area contributed by atoms with Gasteiger partial charge in [-0.1, -0.05) is 26.0 Å². The number of carboxylic acids is 1. The summed E-state index contributed by atoms with van der Waals surface area (Å²) < 4.78 is 8.29. The lowest BCUT2D eigenvalue weighted by molar-refractivity contribution is -0.254. The fourth-order valence-corrected chi connectivity index (χ4v) is 4.41. The number of amides is 1. The van der Waals surface area contributed by atoms with E-state index in [0.29, 0.717) is 22.5 Å². The van der Waals surface area contributed by atoms with Gasteiger partial charge in [0.1, 0.15) is 25.4 Å². The summed E-state index contributed by atoms with van der Waals surface area (Å²) in [6.45, 7) is 3.73. The van der Waals surface area contributed by atoms with Gasteiger partial charge in [0.05, 0.1) is 12.0 Å². The van der Waals surface area contributed by atoms with Crippen molar-refractivity contribution < 1.29 is 23.9 Å². The highest BCUT2D eigenvalue weighted by molar-refractivity contribution is 6.09. The molecular formula is C32H33N3O5. The van der Waals surface area contributed by atoms with Crippen LogP contribution in [0.3, 0.4) is 0 Å². The lowest BCUT2D eigenvalue weighted by atomic mass is 9.89. The number of benzene rings is 3. The van der Waals surface area contributed by atoms with Crippen molar-refractivity contribution in [2.75, 3.05) is 39.6 Å². The molecule has 40 heavy (non-hydrogen) atoms. The molecule has 1 heterocycles. The molecule has 0 saturated heterocycles. The summed E-state index contributed by atoms with van der Waals surface area (Å²) in [6.07, 6.45) is 3.00. The first-order valence-corrected chi connectivity index (χ1v) is 13.0. The standard InChI is InChI=1S/C32H33N3O5/c1-19(2)27(36)8-7-15-33-31(37)20-9-12-23(26(16-20)32(38)39)30-24-13-10-21(34(3)4)17-28(24)40-29-18-22(35(5)6)11-14-25(29)30/h7-14,16-19H,15H2,1-6H3,(H-,33,37,38,39)/b8-7+. The maximum absolute atomic E-state index is 12.8. The maximum Gasteiger partial charge on any atom is 0.251 e. The molecule has 2 aromatic carbocycles. The second-order valence-corrected chi connectivity index (χ2v) is 10.3.